The Hall–Kier alpha value is -2.01. The SMILES string of the molecule is COc1ccc(OC)c(-c2cc(Cl)nc(N)n2)c1. The maximum Gasteiger partial charge on any atom is 0.221 e. The molecule has 2 N–H and O–H groups in total. The average molecular weight is 266 g/mol. The molecule has 0 saturated heterocycles. The Labute approximate surface area is 110 Å². The number of aromatic nitrogens is 2. The van der Waals surface area contributed by atoms with Crippen LogP contribution in [0.15, 0.2) is 24.3 Å². The van der Waals surface area contributed by atoms with Crippen LogP contribution < -0.4 is 15.2 Å². The number of nitrogens with two attached hydrogens (primary N) is 1. The molecule has 0 amide bonds. The summed E-state index contributed by atoms with van der Waals surface area (Å²) in [6.07, 6.45) is 0. The quantitative estimate of drug-likeness (QED) is 0.863. The van der Waals surface area contributed by atoms with Crippen LogP contribution in [0.25, 0.3) is 11.3 Å². The van der Waals surface area contributed by atoms with Crippen molar-refractivity contribution < 1.29 is 9.47 Å². The zero-order chi connectivity index (χ0) is 13.1. The van der Waals surface area contributed by atoms with Crippen LogP contribution >= 0.6 is 11.6 Å². The molecule has 0 spiro atoms. The molecule has 0 atom stereocenters. The molecule has 6 heteroatoms. The molecular weight excluding hydrogens is 254 g/mol. The van der Waals surface area contributed by atoms with E-state index in [0.717, 1.165) is 5.56 Å². The van der Waals surface area contributed by atoms with Crippen molar-refractivity contribution in [3.8, 4) is 22.8 Å². The number of methoxy groups -OCH3 is 2. The lowest BCUT2D eigenvalue weighted by Crippen LogP contribution is -1.98. The van der Waals surface area contributed by atoms with Crippen LogP contribution in [0.3, 0.4) is 0 Å². The van der Waals surface area contributed by atoms with E-state index in [4.69, 9.17) is 26.8 Å². The molecule has 5 nitrogen and oxygen atoms in total. The van der Waals surface area contributed by atoms with Gasteiger partial charge in [-0.1, -0.05) is 11.6 Å². The molecule has 0 aliphatic carbocycles. The van der Waals surface area contributed by atoms with Crippen molar-refractivity contribution in [1.82, 2.24) is 9.97 Å². The van der Waals surface area contributed by atoms with Crippen LogP contribution in [0.4, 0.5) is 5.95 Å². The molecular formula is C12H12ClN3O2. The highest BCUT2D eigenvalue weighted by molar-refractivity contribution is 6.29. The van der Waals surface area contributed by atoms with Crippen molar-refractivity contribution in [2.24, 2.45) is 0 Å². The number of anilines is 1. The predicted molar refractivity (Wildman–Crippen MR) is 70.0 cm³/mol. The number of hydrogen-bond acceptors (Lipinski definition) is 5. The second kappa shape index (κ2) is 5.10. The van der Waals surface area contributed by atoms with Crippen molar-refractivity contribution in [3.63, 3.8) is 0 Å². The van der Waals surface area contributed by atoms with Gasteiger partial charge in [-0.3, -0.25) is 0 Å². The van der Waals surface area contributed by atoms with E-state index < -0.39 is 0 Å². The molecule has 2 rings (SSSR count). The van der Waals surface area contributed by atoms with Gasteiger partial charge < -0.3 is 15.2 Å². The Morgan fingerprint density at radius 3 is 2.50 bits per heavy atom. The van der Waals surface area contributed by atoms with Gasteiger partial charge in [0.25, 0.3) is 0 Å². The third-order valence-corrected chi connectivity index (χ3v) is 2.59. The van der Waals surface area contributed by atoms with E-state index in [1.54, 1.807) is 38.5 Å². The molecule has 2 aromatic rings. The van der Waals surface area contributed by atoms with E-state index in [9.17, 15) is 0 Å². The summed E-state index contributed by atoms with van der Waals surface area (Å²) in [7, 11) is 3.17. The minimum atomic E-state index is 0.113. The summed E-state index contributed by atoms with van der Waals surface area (Å²) in [5.74, 6) is 1.46. The summed E-state index contributed by atoms with van der Waals surface area (Å²) >= 11 is 5.87. The minimum Gasteiger partial charge on any atom is -0.497 e. The molecule has 0 unspecified atom stereocenters. The molecule has 1 aromatic heterocycles. The van der Waals surface area contributed by atoms with Crippen molar-refractivity contribution >= 4 is 17.5 Å². The van der Waals surface area contributed by atoms with Crippen LogP contribution in [0.2, 0.25) is 5.15 Å². The van der Waals surface area contributed by atoms with Gasteiger partial charge in [-0.05, 0) is 18.2 Å². The van der Waals surface area contributed by atoms with E-state index in [1.807, 2.05) is 0 Å². The lowest BCUT2D eigenvalue weighted by molar-refractivity contribution is 0.404. The molecule has 0 fully saturated rings. The first kappa shape index (κ1) is 12.4. The zero-order valence-electron chi connectivity index (χ0n) is 9.98. The maximum absolute atomic E-state index is 5.87. The third-order valence-electron chi connectivity index (χ3n) is 2.39. The monoisotopic (exact) mass is 265 g/mol. The summed E-state index contributed by atoms with van der Waals surface area (Å²) in [6, 6.07) is 7.01. The molecule has 18 heavy (non-hydrogen) atoms. The molecule has 94 valence electrons. The van der Waals surface area contributed by atoms with Gasteiger partial charge in [0.15, 0.2) is 0 Å². The summed E-state index contributed by atoms with van der Waals surface area (Å²) in [5, 5.41) is 0.280. The number of nitrogen functional groups attached to an aromatic ring is 1. The Kier molecular flexibility index (Phi) is 3.53. The van der Waals surface area contributed by atoms with E-state index >= 15 is 0 Å². The first-order valence-corrected chi connectivity index (χ1v) is 5.54. The van der Waals surface area contributed by atoms with E-state index in [2.05, 4.69) is 9.97 Å². The smallest absolute Gasteiger partial charge is 0.221 e. The number of ether oxygens (including phenoxy) is 2. The molecule has 0 saturated carbocycles. The summed E-state index contributed by atoms with van der Waals surface area (Å²) < 4.78 is 10.5. The van der Waals surface area contributed by atoms with Gasteiger partial charge in [0, 0.05) is 11.6 Å². The predicted octanol–water partition coefficient (Wildman–Crippen LogP) is 2.40. The Bertz CT molecular complexity index is 555. The second-order valence-electron chi connectivity index (χ2n) is 3.50. The van der Waals surface area contributed by atoms with Gasteiger partial charge >= 0.3 is 0 Å². The van der Waals surface area contributed by atoms with Gasteiger partial charge in [0.2, 0.25) is 5.95 Å². The van der Waals surface area contributed by atoms with Gasteiger partial charge in [-0.25, -0.2) is 9.97 Å². The van der Waals surface area contributed by atoms with Crippen LogP contribution in [0, 0.1) is 0 Å². The lowest BCUT2D eigenvalue weighted by atomic mass is 10.1. The van der Waals surface area contributed by atoms with Gasteiger partial charge in [0.1, 0.15) is 16.7 Å². The lowest BCUT2D eigenvalue weighted by Gasteiger charge is -2.10. The third kappa shape index (κ3) is 2.46. The van der Waals surface area contributed by atoms with Crippen LogP contribution in [0.1, 0.15) is 0 Å². The highest BCUT2D eigenvalue weighted by Gasteiger charge is 2.11. The van der Waals surface area contributed by atoms with E-state index in [-0.39, 0.29) is 11.1 Å². The average Bonchev–Trinajstić information content (AvgIpc) is 2.36. The molecule has 1 heterocycles. The molecule has 0 bridgehead atoms. The Morgan fingerprint density at radius 1 is 1.11 bits per heavy atom. The number of hydrogen-bond donors (Lipinski definition) is 1. The first-order chi connectivity index (χ1) is 8.63. The number of benzene rings is 1. The minimum absolute atomic E-state index is 0.113. The van der Waals surface area contributed by atoms with Crippen molar-refractivity contribution in [1.29, 1.82) is 0 Å². The standard InChI is InChI=1S/C12H12ClN3O2/c1-17-7-3-4-10(18-2)8(5-7)9-6-11(13)16-12(14)15-9/h3-6H,1-2H3,(H2,14,15,16). The van der Waals surface area contributed by atoms with Gasteiger partial charge in [-0.2, -0.15) is 0 Å². The second-order valence-corrected chi connectivity index (χ2v) is 3.89. The molecule has 0 aliphatic heterocycles. The zero-order valence-corrected chi connectivity index (χ0v) is 10.7. The van der Waals surface area contributed by atoms with Crippen LogP contribution in [-0.4, -0.2) is 24.2 Å². The number of nitrogens with zero attached hydrogens (tertiary/aromatic N) is 2. The van der Waals surface area contributed by atoms with Crippen LogP contribution in [-0.2, 0) is 0 Å². The van der Waals surface area contributed by atoms with Crippen molar-refractivity contribution in [2.75, 3.05) is 20.0 Å². The van der Waals surface area contributed by atoms with E-state index in [1.165, 1.54) is 0 Å². The number of rotatable bonds is 3. The van der Waals surface area contributed by atoms with E-state index in [0.29, 0.717) is 17.2 Å². The maximum atomic E-state index is 5.87. The highest BCUT2D eigenvalue weighted by atomic mass is 35.5. The Morgan fingerprint density at radius 2 is 1.89 bits per heavy atom. The van der Waals surface area contributed by atoms with Gasteiger partial charge in [0.05, 0.1) is 19.9 Å². The molecule has 0 aliphatic rings. The summed E-state index contributed by atoms with van der Waals surface area (Å²) in [4.78, 5) is 7.95. The molecule has 1 aromatic carbocycles. The summed E-state index contributed by atoms with van der Waals surface area (Å²) in [5.41, 5.74) is 6.91. The topological polar surface area (TPSA) is 70.3 Å². The molecule has 0 radical (unpaired) electrons. The van der Waals surface area contributed by atoms with Crippen molar-refractivity contribution in [2.45, 2.75) is 0 Å². The van der Waals surface area contributed by atoms with Crippen LogP contribution in [0.5, 0.6) is 11.5 Å². The van der Waals surface area contributed by atoms with Crippen molar-refractivity contribution in [3.05, 3.63) is 29.4 Å². The number of halogens is 1. The normalized spacial score (nSPS) is 10.2. The van der Waals surface area contributed by atoms with Gasteiger partial charge in [-0.15, -0.1) is 0 Å². The highest BCUT2D eigenvalue weighted by Crippen LogP contribution is 2.33. The fraction of sp³-hybridized carbons (Fsp3) is 0.167. The fourth-order valence-electron chi connectivity index (χ4n) is 1.59. The Balaban J connectivity index is 2.60. The largest absolute Gasteiger partial charge is 0.497 e. The fourth-order valence-corrected chi connectivity index (χ4v) is 1.78. The first-order valence-electron chi connectivity index (χ1n) is 5.16. The summed E-state index contributed by atoms with van der Waals surface area (Å²) in [6.45, 7) is 0.